The highest BCUT2D eigenvalue weighted by molar-refractivity contribution is 7.99. The smallest absolute Gasteiger partial charge is 0.113 e. The van der Waals surface area contributed by atoms with Gasteiger partial charge in [0, 0.05) is 11.8 Å². The lowest BCUT2D eigenvalue weighted by Crippen LogP contribution is -2.47. The molecule has 0 radical (unpaired) electrons. The second-order valence-corrected chi connectivity index (χ2v) is 6.08. The van der Waals surface area contributed by atoms with Crippen molar-refractivity contribution in [1.29, 1.82) is 5.26 Å². The molecule has 0 aromatic heterocycles. The lowest BCUT2D eigenvalue weighted by atomic mass is 10.1. The molecular weight excluding hydrogens is 204 g/mol. The third-order valence-corrected chi connectivity index (χ3v) is 3.39. The van der Waals surface area contributed by atoms with Crippen molar-refractivity contribution in [2.24, 2.45) is 5.92 Å². The molecule has 0 saturated heterocycles. The zero-order chi connectivity index (χ0) is 11.9. The summed E-state index contributed by atoms with van der Waals surface area (Å²) in [6, 6.07) is 2.73. The fraction of sp³-hybridized carbons (Fsp3) is 0.917. The summed E-state index contributed by atoms with van der Waals surface area (Å²) in [5.41, 5.74) is -0.379. The number of hydrogen-bond donors (Lipinski definition) is 1. The van der Waals surface area contributed by atoms with Gasteiger partial charge in [-0.15, -0.1) is 0 Å². The first kappa shape index (κ1) is 14.8. The predicted octanol–water partition coefficient (Wildman–Crippen LogP) is 3.05. The van der Waals surface area contributed by atoms with Crippen molar-refractivity contribution in [3.63, 3.8) is 0 Å². The summed E-state index contributed by atoms with van der Waals surface area (Å²) in [6.45, 7) is 10.6. The summed E-state index contributed by atoms with van der Waals surface area (Å²) in [7, 11) is 0. The molecule has 0 aromatic rings. The molecule has 0 bridgehead atoms. The normalized spacial score (nSPS) is 15.3. The van der Waals surface area contributed by atoms with Gasteiger partial charge in [-0.25, -0.2) is 0 Å². The molecule has 0 amide bonds. The summed E-state index contributed by atoms with van der Waals surface area (Å²) >= 11 is 1.87. The fourth-order valence-corrected chi connectivity index (χ4v) is 2.68. The maximum atomic E-state index is 9.12. The number of nitrogens with one attached hydrogen (secondary N) is 1. The van der Waals surface area contributed by atoms with E-state index < -0.39 is 0 Å². The molecule has 1 N–H and O–H groups in total. The standard InChI is InChI=1S/C12H24N2S/c1-10(2)6-7-15-9-12(5,8-13)14-11(3)4/h10-11,14H,6-7,9H2,1-5H3. The van der Waals surface area contributed by atoms with Crippen molar-refractivity contribution in [3.05, 3.63) is 0 Å². The average Bonchev–Trinajstić information content (AvgIpc) is 2.11. The van der Waals surface area contributed by atoms with Crippen molar-refractivity contribution in [1.82, 2.24) is 5.32 Å². The summed E-state index contributed by atoms with van der Waals surface area (Å²) < 4.78 is 0. The van der Waals surface area contributed by atoms with Crippen LogP contribution in [0.15, 0.2) is 0 Å². The van der Waals surface area contributed by atoms with Crippen LogP contribution in [-0.4, -0.2) is 23.1 Å². The minimum atomic E-state index is -0.379. The van der Waals surface area contributed by atoms with E-state index in [4.69, 9.17) is 5.26 Å². The molecule has 0 aromatic carbocycles. The number of hydrogen-bond acceptors (Lipinski definition) is 3. The third-order valence-electron chi connectivity index (χ3n) is 2.08. The summed E-state index contributed by atoms with van der Waals surface area (Å²) in [5, 5.41) is 12.4. The summed E-state index contributed by atoms with van der Waals surface area (Å²) in [5.74, 6) is 2.77. The molecule has 1 atom stereocenters. The van der Waals surface area contributed by atoms with E-state index in [-0.39, 0.29) is 5.54 Å². The Hall–Kier alpha value is -0.200. The Morgan fingerprint density at radius 2 is 1.93 bits per heavy atom. The first-order chi connectivity index (χ1) is 6.89. The van der Waals surface area contributed by atoms with Crippen LogP contribution in [0.4, 0.5) is 0 Å². The molecule has 0 aliphatic heterocycles. The fourth-order valence-electron chi connectivity index (χ4n) is 1.34. The Morgan fingerprint density at radius 3 is 2.33 bits per heavy atom. The predicted molar refractivity (Wildman–Crippen MR) is 69.1 cm³/mol. The molecule has 1 unspecified atom stereocenters. The van der Waals surface area contributed by atoms with E-state index in [9.17, 15) is 0 Å². The maximum absolute atomic E-state index is 9.12. The lowest BCUT2D eigenvalue weighted by molar-refractivity contribution is 0.443. The molecule has 0 heterocycles. The van der Waals surface area contributed by atoms with Crippen LogP contribution in [0.3, 0.4) is 0 Å². The highest BCUT2D eigenvalue weighted by Gasteiger charge is 2.23. The zero-order valence-electron chi connectivity index (χ0n) is 10.6. The SMILES string of the molecule is CC(C)CCSCC(C)(C#N)NC(C)C. The molecular formula is C12H24N2S. The van der Waals surface area contributed by atoms with Crippen molar-refractivity contribution >= 4 is 11.8 Å². The molecule has 0 saturated carbocycles. The Kier molecular flexibility index (Phi) is 7.04. The van der Waals surface area contributed by atoms with Gasteiger partial charge in [-0.1, -0.05) is 13.8 Å². The van der Waals surface area contributed by atoms with Crippen molar-refractivity contribution in [2.45, 2.75) is 52.6 Å². The van der Waals surface area contributed by atoms with Gasteiger partial charge in [-0.05, 0) is 38.9 Å². The van der Waals surface area contributed by atoms with E-state index in [0.29, 0.717) is 6.04 Å². The molecule has 88 valence electrons. The van der Waals surface area contributed by atoms with Crippen LogP contribution >= 0.6 is 11.8 Å². The van der Waals surface area contributed by atoms with E-state index in [1.165, 1.54) is 6.42 Å². The van der Waals surface area contributed by atoms with Gasteiger partial charge < -0.3 is 0 Å². The van der Waals surface area contributed by atoms with Gasteiger partial charge in [0.1, 0.15) is 5.54 Å². The van der Waals surface area contributed by atoms with Gasteiger partial charge in [-0.3, -0.25) is 5.32 Å². The van der Waals surface area contributed by atoms with Crippen LogP contribution in [0.5, 0.6) is 0 Å². The van der Waals surface area contributed by atoms with E-state index >= 15 is 0 Å². The van der Waals surface area contributed by atoms with Crippen LogP contribution in [0.1, 0.15) is 41.0 Å². The minimum absolute atomic E-state index is 0.361. The molecule has 2 nitrogen and oxygen atoms in total. The van der Waals surface area contributed by atoms with Crippen LogP contribution < -0.4 is 5.32 Å². The van der Waals surface area contributed by atoms with Gasteiger partial charge in [-0.2, -0.15) is 17.0 Å². The molecule has 0 aliphatic rings. The molecule has 0 rings (SSSR count). The number of rotatable bonds is 7. The van der Waals surface area contributed by atoms with Gasteiger partial charge in [0.05, 0.1) is 6.07 Å². The van der Waals surface area contributed by atoms with Crippen molar-refractivity contribution in [3.8, 4) is 6.07 Å². The topological polar surface area (TPSA) is 35.8 Å². The van der Waals surface area contributed by atoms with E-state index in [1.54, 1.807) is 0 Å². The molecule has 3 heteroatoms. The molecule has 15 heavy (non-hydrogen) atoms. The monoisotopic (exact) mass is 228 g/mol. The van der Waals surface area contributed by atoms with E-state index in [0.717, 1.165) is 17.4 Å². The van der Waals surface area contributed by atoms with Crippen molar-refractivity contribution < 1.29 is 0 Å². The van der Waals surface area contributed by atoms with Gasteiger partial charge in [0.25, 0.3) is 0 Å². The molecule has 0 spiro atoms. The largest absolute Gasteiger partial charge is 0.297 e. The Balaban J connectivity index is 3.84. The Morgan fingerprint density at radius 1 is 1.33 bits per heavy atom. The minimum Gasteiger partial charge on any atom is -0.297 e. The summed E-state index contributed by atoms with van der Waals surface area (Å²) in [6.07, 6.45) is 1.23. The Bertz CT molecular complexity index is 208. The number of nitriles is 1. The highest BCUT2D eigenvalue weighted by atomic mass is 32.2. The Labute approximate surface area is 98.8 Å². The van der Waals surface area contributed by atoms with Crippen LogP contribution in [0.2, 0.25) is 0 Å². The van der Waals surface area contributed by atoms with Gasteiger partial charge in [0.15, 0.2) is 0 Å². The van der Waals surface area contributed by atoms with Crippen LogP contribution in [-0.2, 0) is 0 Å². The molecule has 0 aliphatic carbocycles. The van der Waals surface area contributed by atoms with Gasteiger partial charge in [0.2, 0.25) is 0 Å². The summed E-state index contributed by atoms with van der Waals surface area (Å²) in [4.78, 5) is 0. The van der Waals surface area contributed by atoms with Gasteiger partial charge >= 0.3 is 0 Å². The lowest BCUT2D eigenvalue weighted by Gasteiger charge is -2.25. The second-order valence-electron chi connectivity index (χ2n) is 4.98. The van der Waals surface area contributed by atoms with E-state index in [2.05, 4.69) is 39.1 Å². The van der Waals surface area contributed by atoms with Crippen molar-refractivity contribution in [2.75, 3.05) is 11.5 Å². The highest BCUT2D eigenvalue weighted by Crippen LogP contribution is 2.16. The second kappa shape index (κ2) is 7.14. The first-order valence-corrected chi connectivity index (χ1v) is 6.82. The quantitative estimate of drug-likeness (QED) is 0.680. The zero-order valence-corrected chi connectivity index (χ0v) is 11.4. The maximum Gasteiger partial charge on any atom is 0.113 e. The van der Waals surface area contributed by atoms with E-state index in [1.807, 2.05) is 18.7 Å². The first-order valence-electron chi connectivity index (χ1n) is 5.66. The third kappa shape index (κ3) is 7.70. The average molecular weight is 228 g/mol. The van der Waals surface area contributed by atoms with Crippen LogP contribution in [0, 0.1) is 17.2 Å². The molecule has 0 fully saturated rings. The number of thioether (sulfide) groups is 1. The number of nitrogens with zero attached hydrogens (tertiary/aromatic N) is 1. The van der Waals surface area contributed by atoms with Crippen LogP contribution in [0.25, 0.3) is 0 Å².